The molecule has 1 saturated heterocycles. The summed E-state index contributed by atoms with van der Waals surface area (Å²) >= 11 is 0. The van der Waals surface area contributed by atoms with Crippen molar-refractivity contribution in [3.63, 3.8) is 0 Å². The van der Waals surface area contributed by atoms with Crippen LogP contribution in [-0.2, 0) is 0 Å². The van der Waals surface area contributed by atoms with Crippen LogP contribution < -0.4 is 5.32 Å². The molecule has 5 heterocycles. The van der Waals surface area contributed by atoms with E-state index in [1.807, 2.05) is 0 Å². The van der Waals surface area contributed by atoms with Crippen LogP contribution in [0.1, 0.15) is 51.4 Å². The van der Waals surface area contributed by atoms with Crippen LogP contribution in [0.15, 0.2) is 50.3 Å². The molecule has 0 saturated carbocycles. The summed E-state index contributed by atoms with van der Waals surface area (Å²) in [5.74, 6) is 0. The molecular formula is C19H22N4. The Balaban J connectivity index is 1.55. The van der Waals surface area contributed by atoms with E-state index >= 15 is 0 Å². The summed E-state index contributed by atoms with van der Waals surface area (Å²) < 4.78 is 0. The van der Waals surface area contributed by atoms with Gasteiger partial charge in [-0.2, -0.15) is 0 Å². The van der Waals surface area contributed by atoms with Crippen molar-refractivity contribution in [3.05, 3.63) is 35.3 Å². The molecule has 0 radical (unpaired) electrons. The first-order valence-electron chi connectivity index (χ1n) is 8.91. The molecule has 0 amide bonds. The van der Waals surface area contributed by atoms with Crippen molar-refractivity contribution in [1.29, 1.82) is 0 Å². The molecule has 5 rings (SSSR count). The van der Waals surface area contributed by atoms with Gasteiger partial charge in [0.15, 0.2) is 0 Å². The lowest BCUT2D eigenvalue weighted by atomic mass is 10.0. The number of allylic oxidation sites excluding steroid dienone is 6. The van der Waals surface area contributed by atoms with Crippen molar-refractivity contribution in [1.82, 2.24) is 5.32 Å². The molecule has 1 fully saturated rings. The second kappa shape index (κ2) is 5.29. The maximum atomic E-state index is 4.97. The van der Waals surface area contributed by atoms with Crippen molar-refractivity contribution in [3.8, 4) is 0 Å². The molecule has 118 valence electrons. The number of fused-ring (bicyclic) bond motifs is 6. The van der Waals surface area contributed by atoms with E-state index in [1.165, 1.54) is 34.2 Å². The molecular weight excluding hydrogens is 284 g/mol. The maximum Gasteiger partial charge on any atom is 0.0730 e. The summed E-state index contributed by atoms with van der Waals surface area (Å²) in [6.45, 7) is 0. The van der Waals surface area contributed by atoms with Crippen molar-refractivity contribution < 1.29 is 0 Å². The minimum Gasteiger partial charge on any atom is -0.362 e. The zero-order valence-corrected chi connectivity index (χ0v) is 13.4. The molecule has 0 aromatic rings. The van der Waals surface area contributed by atoms with Gasteiger partial charge in [0.25, 0.3) is 0 Å². The van der Waals surface area contributed by atoms with E-state index in [1.54, 1.807) is 0 Å². The van der Waals surface area contributed by atoms with Crippen molar-refractivity contribution in [2.75, 3.05) is 0 Å². The van der Waals surface area contributed by atoms with Crippen LogP contribution in [0.4, 0.5) is 0 Å². The van der Waals surface area contributed by atoms with Crippen molar-refractivity contribution in [2.24, 2.45) is 15.0 Å². The molecule has 0 aliphatic carbocycles. The lowest BCUT2D eigenvalue weighted by Gasteiger charge is -2.11. The van der Waals surface area contributed by atoms with Gasteiger partial charge in [-0.1, -0.05) is 0 Å². The second-order valence-electron chi connectivity index (χ2n) is 7.16. The molecule has 5 aliphatic rings. The molecule has 8 bridgehead atoms. The highest BCUT2D eigenvalue weighted by Crippen LogP contribution is 2.30. The first-order chi connectivity index (χ1) is 11.3. The standard InChI is InChI=1S/C19H22N4/c1-3-14-10-16-5-7-18(22-16)19-8-6-17(23-19)11-15-4-2-13(21-15)9-12(1)20-14/h9-11,18-20H,1-8H2/b12-9-,14-10-,15-11-. The Labute approximate surface area is 136 Å². The predicted molar refractivity (Wildman–Crippen MR) is 94.2 cm³/mol. The van der Waals surface area contributed by atoms with Gasteiger partial charge in [0.2, 0.25) is 0 Å². The van der Waals surface area contributed by atoms with Crippen LogP contribution in [0, 0.1) is 0 Å². The number of hydrogen-bond acceptors (Lipinski definition) is 4. The molecule has 23 heavy (non-hydrogen) atoms. The monoisotopic (exact) mass is 306 g/mol. The van der Waals surface area contributed by atoms with Crippen LogP contribution in [0.2, 0.25) is 0 Å². The fraction of sp³-hybridized carbons (Fsp3) is 0.526. The maximum absolute atomic E-state index is 4.97. The third-order valence-electron chi connectivity index (χ3n) is 5.42. The number of rotatable bonds is 0. The van der Waals surface area contributed by atoms with Crippen molar-refractivity contribution >= 4 is 17.1 Å². The Morgan fingerprint density at radius 2 is 1.35 bits per heavy atom. The van der Waals surface area contributed by atoms with Gasteiger partial charge in [-0.25, -0.2) is 0 Å². The van der Waals surface area contributed by atoms with Crippen LogP contribution in [-0.4, -0.2) is 29.2 Å². The summed E-state index contributed by atoms with van der Waals surface area (Å²) in [4.78, 5) is 14.7. The highest BCUT2D eigenvalue weighted by Gasteiger charge is 2.29. The molecule has 0 aromatic heterocycles. The van der Waals surface area contributed by atoms with Gasteiger partial charge in [-0.3, -0.25) is 15.0 Å². The largest absolute Gasteiger partial charge is 0.362 e. The smallest absolute Gasteiger partial charge is 0.0730 e. The normalized spacial score (nSPS) is 38.8. The molecule has 0 aromatic carbocycles. The van der Waals surface area contributed by atoms with Crippen LogP contribution in [0.3, 0.4) is 0 Å². The molecule has 2 atom stereocenters. The summed E-state index contributed by atoms with van der Waals surface area (Å²) in [6, 6.07) is 0.778. The number of nitrogens with one attached hydrogen (secondary N) is 1. The number of hydrogen-bond donors (Lipinski definition) is 1. The molecule has 2 unspecified atom stereocenters. The highest BCUT2D eigenvalue weighted by molar-refractivity contribution is 6.01. The van der Waals surface area contributed by atoms with E-state index in [-0.39, 0.29) is 0 Å². The minimum atomic E-state index is 0.387. The van der Waals surface area contributed by atoms with Gasteiger partial charge in [-0.15, -0.1) is 0 Å². The van der Waals surface area contributed by atoms with E-state index < -0.39 is 0 Å². The number of nitrogens with zero attached hydrogens (tertiary/aromatic N) is 3. The first-order valence-corrected chi connectivity index (χ1v) is 8.91. The third-order valence-corrected chi connectivity index (χ3v) is 5.42. The highest BCUT2D eigenvalue weighted by atomic mass is 15.0. The lowest BCUT2D eigenvalue weighted by molar-refractivity contribution is 0.527. The summed E-state index contributed by atoms with van der Waals surface area (Å²) in [5.41, 5.74) is 7.53. The van der Waals surface area contributed by atoms with E-state index in [4.69, 9.17) is 15.0 Å². The average Bonchev–Trinajstić information content (AvgIpc) is 3.28. The molecule has 4 heteroatoms. The Morgan fingerprint density at radius 1 is 0.696 bits per heavy atom. The topological polar surface area (TPSA) is 49.1 Å². The molecule has 0 spiro atoms. The van der Waals surface area contributed by atoms with E-state index in [0.717, 1.165) is 51.4 Å². The van der Waals surface area contributed by atoms with Crippen LogP contribution in [0.5, 0.6) is 0 Å². The second-order valence-corrected chi connectivity index (χ2v) is 7.16. The summed E-state index contributed by atoms with van der Waals surface area (Å²) in [7, 11) is 0. The van der Waals surface area contributed by atoms with E-state index in [9.17, 15) is 0 Å². The fourth-order valence-corrected chi connectivity index (χ4v) is 4.22. The predicted octanol–water partition coefficient (Wildman–Crippen LogP) is 3.48. The third kappa shape index (κ3) is 2.60. The summed E-state index contributed by atoms with van der Waals surface area (Å²) in [5, 5.41) is 3.57. The number of aliphatic imine (C=N–C) groups is 3. The van der Waals surface area contributed by atoms with Gasteiger partial charge in [0.05, 0.1) is 12.1 Å². The average molecular weight is 306 g/mol. The van der Waals surface area contributed by atoms with Gasteiger partial charge in [0.1, 0.15) is 0 Å². The lowest BCUT2D eigenvalue weighted by Crippen LogP contribution is -2.17. The molecule has 1 N–H and O–H groups in total. The zero-order chi connectivity index (χ0) is 15.2. The van der Waals surface area contributed by atoms with E-state index in [2.05, 4.69) is 23.5 Å². The minimum absolute atomic E-state index is 0.387. The Morgan fingerprint density at radius 3 is 2.09 bits per heavy atom. The molecule has 5 aliphatic heterocycles. The van der Waals surface area contributed by atoms with Crippen molar-refractivity contribution in [2.45, 2.75) is 63.5 Å². The zero-order valence-electron chi connectivity index (χ0n) is 13.4. The molecule has 4 nitrogen and oxygen atoms in total. The SMILES string of the molecule is C1=C2/CCC(=N2)/C=C2/CC/C(=C/C3=NC(CC3)C3CCC/1=N3)N2. The Bertz CT molecular complexity index is 732. The van der Waals surface area contributed by atoms with Gasteiger partial charge >= 0.3 is 0 Å². The summed E-state index contributed by atoms with van der Waals surface area (Å²) in [6.07, 6.45) is 15.6. The van der Waals surface area contributed by atoms with E-state index in [0.29, 0.717) is 12.1 Å². The van der Waals surface area contributed by atoms with Gasteiger partial charge in [0, 0.05) is 34.2 Å². The fourth-order valence-electron chi connectivity index (χ4n) is 4.22. The Hall–Kier alpha value is -1.97. The van der Waals surface area contributed by atoms with Gasteiger partial charge < -0.3 is 5.32 Å². The van der Waals surface area contributed by atoms with Gasteiger partial charge in [-0.05, 0) is 69.6 Å². The van der Waals surface area contributed by atoms with Crippen LogP contribution >= 0.6 is 0 Å². The Kier molecular flexibility index (Phi) is 3.10. The quantitative estimate of drug-likeness (QED) is 0.732. The van der Waals surface area contributed by atoms with Crippen LogP contribution in [0.25, 0.3) is 0 Å². The first kappa shape index (κ1) is 13.5.